The summed E-state index contributed by atoms with van der Waals surface area (Å²) >= 11 is 0. The topological polar surface area (TPSA) is 42.4 Å². The summed E-state index contributed by atoms with van der Waals surface area (Å²) in [5, 5.41) is 0. The lowest BCUT2D eigenvalue weighted by Gasteiger charge is -2.19. The summed E-state index contributed by atoms with van der Waals surface area (Å²) < 4.78 is 18.9. The van der Waals surface area contributed by atoms with Gasteiger partial charge in [0.05, 0.1) is 12.7 Å². The van der Waals surface area contributed by atoms with E-state index >= 15 is 0 Å². The summed E-state index contributed by atoms with van der Waals surface area (Å²) in [6.45, 7) is 2.30. The Morgan fingerprint density at radius 1 is 1.38 bits per heavy atom. The van der Waals surface area contributed by atoms with Crippen LogP contribution < -0.4 is 4.74 Å². The highest BCUT2D eigenvalue weighted by atomic mass is 19.1. The van der Waals surface area contributed by atoms with Crippen molar-refractivity contribution in [3.05, 3.63) is 59.2 Å². The number of halogens is 1. The summed E-state index contributed by atoms with van der Waals surface area (Å²) in [5.74, 6) is -0.471. The molecule has 1 aromatic heterocycles. The Hall–Kier alpha value is -2.43. The Bertz CT molecular complexity index is 658. The predicted octanol–water partition coefficient (Wildman–Crippen LogP) is 2.81. The normalized spacial score (nSPS) is 10.3. The van der Waals surface area contributed by atoms with Crippen molar-refractivity contribution in [2.75, 3.05) is 14.2 Å². The molecule has 0 saturated carbocycles. The number of hydrogen-bond acceptors (Lipinski definition) is 3. The second-order valence-corrected chi connectivity index (χ2v) is 4.82. The first-order valence-electron chi connectivity index (χ1n) is 6.52. The van der Waals surface area contributed by atoms with Gasteiger partial charge in [0, 0.05) is 25.4 Å². The first-order chi connectivity index (χ1) is 10.0. The van der Waals surface area contributed by atoms with Gasteiger partial charge in [-0.2, -0.15) is 4.39 Å². The van der Waals surface area contributed by atoms with E-state index in [1.54, 1.807) is 14.2 Å². The van der Waals surface area contributed by atoms with Crippen molar-refractivity contribution in [1.82, 2.24) is 9.88 Å². The SMILES string of the molecule is COc1ccc(C)cc1CN(C)C(=O)c1cccnc1F. The van der Waals surface area contributed by atoms with Gasteiger partial charge in [-0.05, 0) is 25.1 Å². The third-order valence-corrected chi connectivity index (χ3v) is 3.18. The van der Waals surface area contributed by atoms with E-state index in [-0.39, 0.29) is 5.56 Å². The van der Waals surface area contributed by atoms with Gasteiger partial charge < -0.3 is 9.64 Å². The molecule has 21 heavy (non-hydrogen) atoms. The molecule has 1 amide bonds. The van der Waals surface area contributed by atoms with Crippen LogP contribution >= 0.6 is 0 Å². The molecular weight excluding hydrogens is 271 g/mol. The van der Waals surface area contributed by atoms with Crippen LogP contribution in [0.15, 0.2) is 36.5 Å². The molecule has 0 aliphatic heterocycles. The molecule has 1 aromatic carbocycles. The first-order valence-corrected chi connectivity index (χ1v) is 6.52. The molecule has 0 saturated heterocycles. The molecule has 0 bridgehead atoms. The van der Waals surface area contributed by atoms with E-state index in [0.29, 0.717) is 12.3 Å². The number of carbonyl (C=O) groups is 1. The zero-order valence-corrected chi connectivity index (χ0v) is 12.3. The van der Waals surface area contributed by atoms with Gasteiger partial charge in [0.25, 0.3) is 5.91 Å². The zero-order valence-electron chi connectivity index (χ0n) is 12.3. The van der Waals surface area contributed by atoms with E-state index in [1.807, 2.05) is 25.1 Å². The molecule has 2 aromatic rings. The van der Waals surface area contributed by atoms with E-state index in [4.69, 9.17) is 4.74 Å². The van der Waals surface area contributed by atoms with Gasteiger partial charge >= 0.3 is 0 Å². The van der Waals surface area contributed by atoms with Crippen LogP contribution in [0.5, 0.6) is 5.75 Å². The highest BCUT2D eigenvalue weighted by molar-refractivity contribution is 5.93. The molecular formula is C16H17FN2O2. The molecule has 1 heterocycles. The number of ether oxygens (including phenoxy) is 1. The maximum Gasteiger partial charge on any atom is 0.258 e. The quantitative estimate of drug-likeness (QED) is 0.812. The molecule has 0 N–H and O–H groups in total. The molecule has 4 nitrogen and oxygen atoms in total. The molecule has 0 aliphatic carbocycles. The van der Waals surface area contributed by atoms with E-state index in [0.717, 1.165) is 11.1 Å². The van der Waals surface area contributed by atoms with Crippen LogP contribution in [-0.2, 0) is 6.54 Å². The van der Waals surface area contributed by atoms with Gasteiger partial charge in [-0.3, -0.25) is 4.79 Å². The van der Waals surface area contributed by atoms with Gasteiger partial charge in [0.2, 0.25) is 5.95 Å². The van der Waals surface area contributed by atoms with E-state index in [2.05, 4.69) is 4.98 Å². The number of methoxy groups -OCH3 is 1. The summed E-state index contributed by atoms with van der Waals surface area (Å²) in [4.78, 5) is 17.2. The van der Waals surface area contributed by atoms with Crippen molar-refractivity contribution in [3.8, 4) is 5.75 Å². The Balaban J connectivity index is 2.22. The van der Waals surface area contributed by atoms with Gasteiger partial charge in [0.15, 0.2) is 0 Å². The predicted molar refractivity (Wildman–Crippen MR) is 77.7 cm³/mol. The minimum absolute atomic E-state index is 0.0355. The largest absolute Gasteiger partial charge is 0.496 e. The van der Waals surface area contributed by atoms with Gasteiger partial charge in [-0.1, -0.05) is 17.7 Å². The number of rotatable bonds is 4. The summed E-state index contributed by atoms with van der Waals surface area (Å²) in [6, 6.07) is 8.70. The fourth-order valence-electron chi connectivity index (χ4n) is 2.11. The number of amides is 1. The van der Waals surface area contributed by atoms with Gasteiger partial charge in [0.1, 0.15) is 5.75 Å². The van der Waals surface area contributed by atoms with E-state index < -0.39 is 11.9 Å². The molecule has 0 aliphatic rings. The lowest BCUT2D eigenvalue weighted by Crippen LogP contribution is -2.27. The Labute approximate surface area is 123 Å². The molecule has 0 fully saturated rings. The van der Waals surface area contributed by atoms with Crippen molar-refractivity contribution < 1.29 is 13.9 Å². The fourth-order valence-corrected chi connectivity index (χ4v) is 2.11. The molecule has 2 rings (SSSR count). The van der Waals surface area contributed by atoms with Crippen molar-refractivity contribution in [2.24, 2.45) is 0 Å². The summed E-state index contributed by atoms with van der Waals surface area (Å²) in [7, 11) is 3.20. The number of carbonyl (C=O) groups excluding carboxylic acids is 1. The van der Waals surface area contributed by atoms with Crippen LogP contribution in [0.4, 0.5) is 4.39 Å². The van der Waals surface area contributed by atoms with Crippen molar-refractivity contribution in [2.45, 2.75) is 13.5 Å². The lowest BCUT2D eigenvalue weighted by atomic mass is 10.1. The van der Waals surface area contributed by atoms with Crippen LogP contribution in [0.2, 0.25) is 0 Å². The Kier molecular flexibility index (Phi) is 4.52. The summed E-state index contributed by atoms with van der Waals surface area (Å²) in [5.41, 5.74) is 1.91. The molecule has 0 atom stereocenters. The van der Waals surface area contributed by atoms with Crippen molar-refractivity contribution in [3.63, 3.8) is 0 Å². The number of hydrogen-bond donors (Lipinski definition) is 0. The highest BCUT2D eigenvalue weighted by Crippen LogP contribution is 2.21. The average Bonchev–Trinajstić information content (AvgIpc) is 2.47. The number of nitrogens with zero attached hydrogens (tertiary/aromatic N) is 2. The maximum atomic E-state index is 13.6. The van der Waals surface area contributed by atoms with Gasteiger partial charge in [-0.25, -0.2) is 4.98 Å². The number of benzene rings is 1. The van der Waals surface area contributed by atoms with Crippen LogP contribution in [-0.4, -0.2) is 29.9 Å². The van der Waals surface area contributed by atoms with Crippen LogP contribution in [0.3, 0.4) is 0 Å². The van der Waals surface area contributed by atoms with Crippen LogP contribution in [0.1, 0.15) is 21.5 Å². The Morgan fingerprint density at radius 3 is 2.81 bits per heavy atom. The summed E-state index contributed by atoms with van der Waals surface area (Å²) in [6.07, 6.45) is 1.32. The van der Waals surface area contributed by atoms with Crippen LogP contribution in [0.25, 0.3) is 0 Å². The minimum Gasteiger partial charge on any atom is -0.496 e. The van der Waals surface area contributed by atoms with E-state index in [9.17, 15) is 9.18 Å². The first kappa shape index (κ1) is 15.0. The second kappa shape index (κ2) is 6.35. The standard InChI is InChI=1S/C16H17FN2O2/c1-11-6-7-14(21-3)12(9-11)10-19(2)16(20)13-5-4-8-18-15(13)17/h4-9H,10H2,1-3H3. The fraction of sp³-hybridized carbons (Fsp3) is 0.250. The lowest BCUT2D eigenvalue weighted by molar-refractivity contribution is 0.0778. The number of aromatic nitrogens is 1. The van der Waals surface area contributed by atoms with E-state index in [1.165, 1.54) is 23.2 Å². The Morgan fingerprint density at radius 2 is 2.14 bits per heavy atom. The molecule has 5 heteroatoms. The molecule has 0 unspecified atom stereocenters. The highest BCUT2D eigenvalue weighted by Gasteiger charge is 2.18. The third-order valence-electron chi connectivity index (χ3n) is 3.18. The maximum absolute atomic E-state index is 13.6. The average molecular weight is 288 g/mol. The van der Waals surface area contributed by atoms with Crippen LogP contribution in [0, 0.1) is 12.9 Å². The zero-order chi connectivity index (χ0) is 15.4. The number of pyridine rings is 1. The third kappa shape index (κ3) is 3.37. The molecule has 0 spiro atoms. The number of aryl methyl sites for hydroxylation is 1. The van der Waals surface area contributed by atoms with Crippen molar-refractivity contribution in [1.29, 1.82) is 0 Å². The molecule has 110 valence electrons. The smallest absolute Gasteiger partial charge is 0.258 e. The van der Waals surface area contributed by atoms with Crippen molar-refractivity contribution >= 4 is 5.91 Å². The minimum atomic E-state index is -0.759. The van der Waals surface area contributed by atoms with Gasteiger partial charge in [-0.15, -0.1) is 0 Å². The second-order valence-electron chi connectivity index (χ2n) is 4.82. The molecule has 0 radical (unpaired) electrons. The monoisotopic (exact) mass is 288 g/mol.